The van der Waals surface area contributed by atoms with Crippen molar-refractivity contribution in [1.82, 2.24) is 0 Å². The molecule has 3 aromatic rings. The van der Waals surface area contributed by atoms with E-state index in [0.717, 1.165) is 0 Å². The molecule has 0 aliphatic rings. The smallest absolute Gasteiger partial charge is 0.193 e. The van der Waals surface area contributed by atoms with E-state index in [0.29, 0.717) is 31.9 Å². The first kappa shape index (κ1) is 14.1. The van der Waals surface area contributed by atoms with Crippen molar-refractivity contribution in [3.63, 3.8) is 0 Å². The molecule has 0 aliphatic heterocycles. The van der Waals surface area contributed by atoms with E-state index in [4.69, 9.17) is 23.2 Å². The molecule has 0 atom stereocenters. The van der Waals surface area contributed by atoms with Crippen molar-refractivity contribution in [1.29, 1.82) is 0 Å². The second kappa shape index (κ2) is 5.47. The van der Waals surface area contributed by atoms with Crippen LogP contribution >= 0.6 is 23.2 Å². The Morgan fingerprint density at radius 3 is 2.14 bits per heavy atom. The minimum Gasteiger partial charge on any atom is -0.289 e. The van der Waals surface area contributed by atoms with Crippen LogP contribution in [0.4, 0.5) is 4.39 Å². The summed E-state index contributed by atoms with van der Waals surface area (Å²) in [6.45, 7) is 0. The summed E-state index contributed by atoms with van der Waals surface area (Å²) in [7, 11) is 0. The number of rotatable bonds is 2. The molecule has 0 fully saturated rings. The number of hydrogen-bond donors (Lipinski definition) is 0. The van der Waals surface area contributed by atoms with Gasteiger partial charge in [-0.05, 0) is 35.7 Å². The van der Waals surface area contributed by atoms with Crippen LogP contribution in [0, 0.1) is 5.82 Å². The van der Waals surface area contributed by atoms with Crippen LogP contribution in [0.3, 0.4) is 0 Å². The second-order valence-corrected chi connectivity index (χ2v) is 5.50. The maximum Gasteiger partial charge on any atom is 0.193 e. The molecule has 104 valence electrons. The van der Waals surface area contributed by atoms with E-state index in [9.17, 15) is 9.18 Å². The highest BCUT2D eigenvalue weighted by atomic mass is 35.5. The number of carbonyl (C=O) groups is 1. The molecular formula is C17H9Cl2FO. The quantitative estimate of drug-likeness (QED) is 0.569. The van der Waals surface area contributed by atoms with Crippen LogP contribution < -0.4 is 0 Å². The Kier molecular flexibility index (Phi) is 3.66. The Balaban J connectivity index is 2.20. The molecule has 0 radical (unpaired) electrons. The highest BCUT2D eigenvalue weighted by molar-refractivity contribution is 6.35. The van der Waals surface area contributed by atoms with Gasteiger partial charge in [-0.3, -0.25) is 4.79 Å². The summed E-state index contributed by atoms with van der Waals surface area (Å²) in [6, 6.07) is 14.3. The van der Waals surface area contributed by atoms with Gasteiger partial charge in [0.25, 0.3) is 0 Å². The normalized spacial score (nSPS) is 10.8. The van der Waals surface area contributed by atoms with E-state index in [1.54, 1.807) is 42.5 Å². The number of carbonyl (C=O) groups excluding carboxylic acids is 1. The lowest BCUT2D eigenvalue weighted by molar-refractivity contribution is 0.104. The van der Waals surface area contributed by atoms with Crippen molar-refractivity contribution in [2.75, 3.05) is 0 Å². The van der Waals surface area contributed by atoms with Crippen LogP contribution in [0.15, 0.2) is 54.6 Å². The third-order valence-corrected chi connectivity index (χ3v) is 3.68. The van der Waals surface area contributed by atoms with Gasteiger partial charge in [0.05, 0.1) is 0 Å². The van der Waals surface area contributed by atoms with Gasteiger partial charge in [0, 0.05) is 26.6 Å². The fourth-order valence-corrected chi connectivity index (χ4v) is 2.83. The lowest BCUT2D eigenvalue weighted by Crippen LogP contribution is -2.03. The summed E-state index contributed by atoms with van der Waals surface area (Å²) in [5, 5.41) is 1.75. The largest absolute Gasteiger partial charge is 0.289 e. The highest BCUT2D eigenvalue weighted by Gasteiger charge is 2.15. The fraction of sp³-hybridized carbons (Fsp3) is 0. The van der Waals surface area contributed by atoms with E-state index in [1.165, 1.54) is 12.1 Å². The maximum absolute atomic E-state index is 13.8. The molecule has 0 amide bonds. The van der Waals surface area contributed by atoms with Crippen molar-refractivity contribution in [3.8, 4) is 0 Å². The first-order valence-electron chi connectivity index (χ1n) is 6.24. The summed E-state index contributed by atoms with van der Waals surface area (Å²) < 4.78 is 13.8. The van der Waals surface area contributed by atoms with Gasteiger partial charge in [0.2, 0.25) is 0 Å². The minimum absolute atomic E-state index is 0.240. The second-order valence-electron chi connectivity index (χ2n) is 4.63. The van der Waals surface area contributed by atoms with Gasteiger partial charge in [-0.1, -0.05) is 47.5 Å². The number of benzene rings is 3. The molecular weight excluding hydrogens is 310 g/mol. The Labute approximate surface area is 130 Å². The van der Waals surface area contributed by atoms with Crippen LogP contribution in [0.25, 0.3) is 10.8 Å². The fourth-order valence-electron chi connectivity index (χ4n) is 2.30. The predicted molar refractivity (Wildman–Crippen MR) is 83.8 cm³/mol. The molecule has 0 heterocycles. The standard InChI is InChI=1S/C17H9Cl2FO/c18-11-7-10(8-12(19)9-11)17(21)15-5-6-16(20)14-4-2-1-3-13(14)15/h1-9H. The van der Waals surface area contributed by atoms with Crippen molar-refractivity contribution >= 4 is 39.8 Å². The Hall–Kier alpha value is -1.90. The van der Waals surface area contributed by atoms with E-state index in [2.05, 4.69) is 0 Å². The van der Waals surface area contributed by atoms with E-state index >= 15 is 0 Å². The summed E-state index contributed by atoms with van der Waals surface area (Å²) in [4.78, 5) is 12.6. The SMILES string of the molecule is O=C(c1cc(Cl)cc(Cl)c1)c1ccc(F)c2ccccc12. The number of halogens is 3. The molecule has 4 heteroatoms. The Morgan fingerprint density at radius 2 is 1.48 bits per heavy atom. The Morgan fingerprint density at radius 1 is 0.857 bits per heavy atom. The minimum atomic E-state index is -0.355. The monoisotopic (exact) mass is 318 g/mol. The van der Waals surface area contributed by atoms with Crippen molar-refractivity contribution < 1.29 is 9.18 Å². The third-order valence-electron chi connectivity index (χ3n) is 3.24. The number of fused-ring (bicyclic) bond motifs is 1. The van der Waals surface area contributed by atoms with E-state index in [-0.39, 0.29) is 11.6 Å². The zero-order valence-corrected chi connectivity index (χ0v) is 12.3. The van der Waals surface area contributed by atoms with Gasteiger partial charge in [-0.25, -0.2) is 4.39 Å². The van der Waals surface area contributed by atoms with Crippen LogP contribution in [0.5, 0.6) is 0 Å². The summed E-state index contributed by atoms with van der Waals surface area (Å²) in [5.41, 5.74) is 0.801. The average Bonchev–Trinajstić information content (AvgIpc) is 2.46. The topological polar surface area (TPSA) is 17.1 Å². The molecule has 21 heavy (non-hydrogen) atoms. The molecule has 0 bridgehead atoms. The lowest BCUT2D eigenvalue weighted by atomic mass is 9.97. The Bertz CT molecular complexity index is 838. The first-order valence-corrected chi connectivity index (χ1v) is 7.00. The molecule has 0 saturated carbocycles. The highest BCUT2D eigenvalue weighted by Crippen LogP contribution is 2.26. The maximum atomic E-state index is 13.8. The molecule has 3 aromatic carbocycles. The summed E-state index contributed by atoms with van der Waals surface area (Å²) >= 11 is 11.9. The van der Waals surface area contributed by atoms with Crippen molar-refractivity contribution in [2.24, 2.45) is 0 Å². The molecule has 0 spiro atoms. The summed E-state index contributed by atoms with van der Waals surface area (Å²) in [6.07, 6.45) is 0. The molecule has 3 rings (SSSR count). The zero-order valence-electron chi connectivity index (χ0n) is 10.7. The lowest BCUT2D eigenvalue weighted by Gasteiger charge is -2.07. The van der Waals surface area contributed by atoms with Gasteiger partial charge in [0.1, 0.15) is 5.82 Å². The van der Waals surface area contributed by atoms with E-state index in [1.807, 2.05) is 0 Å². The van der Waals surface area contributed by atoms with Gasteiger partial charge < -0.3 is 0 Å². The third kappa shape index (κ3) is 2.65. The summed E-state index contributed by atoms with van der Waals surface area (Å²) in [5.74, 6) is -0.595. The molecule has 1 nitrogen and oxygen atoms in total. The molecule has 0 saturated heterocycles. The average molecular weight is 319 g/mol. The van der Waals surface area contributed by atoms with Gasteiger partial charge in [-0.2, -0.15) is 0 Å². The molecule has 0 N–H and O–H groups in total. The van der Waals surface area contributed by atoms with Crippen LogP contribution in [0.1, 0.15) is 15.9 Å². The molecule has 0 unspecified atom stereocenters. The predicted octanol–water partition coefficient (Wildman–Crippen LogP) is 5.52. The molecule has 0 aromatic heterocycles. The van der Waals surface area contributed by atoms with Crippen LogP contribution in [-0.2, 0) is 0 Å². The van der Waals surface area contributed by atoms with Gasteiger partial charge in [-0.15, -0.1) is 0 Å². The van der Waals surface area contributed by atoms with Gasteiger partial charge in [0.15, 0.2) is 5.78 Å². The van der Waals surface area contributed by atoms with Crippen LogP contribution in [-0.4, -0.2) is 5.78 Å². The van der Waals surface area contributed by atoms with Crippen molar-refractivity contribution in [2.45, 2.75) is 0 Å². The van der Waals surface area contributed by atoms with Gasteiger partial charge >= 0.3 is 0 Å². The molecule has 0 aliphatic carbocycles. The van der Waals surface area contributed by atoms with E-state index < -0.39 is 0 Å². The number of hydrogen-bond acceptors (Lipinski definition) is 1. The zero-order chi connectivity index (χ0) is 15.0. The number of ketones is 1. The van der Waals surface area contributed by atoms with Crippen LogP contribution in [0.2, 0.25) is 10.0 Å². The first-order chi connectivity index (χ1) is 10.1. The van der Waals surface area contributed by atoms with Crippen molar-refractivity contribution in [3.05, 3.63) is 81.6 Å².